The summed E-state index contributed by atoms with van der Waals surface area (Å²) in [6.07, 6.45) is 1.06. The molecule has 0 aromatic heterocycles. The molecule has 0 bridgehead atoms. The van der Waals surface area contributed by atoms with Gasteiger partial charge in [-0.05, 0) is 34.1 Å². The Balaban J connectivity index is 2.46. The van der Waals surface area contributed by atoms with Crippen LogP contribution in [0.3, 0.4) is 0 Å². The molecule has 1 atom stereocenters. The van der Waals surface area contributed by atoms with Crippen LogP contribution < -0.4 is 11.3 Å². The molecule has 0 radical (unpaired) electrons. The first kappa shape index (κ1) is 15.7. The molecular formula is C19H26N2. The van der Waals surface area contributed by atoms with E-state index >= 15 is 0 Å². The zero-order valence-electron chi connectivity index (χ0n) is 13.5. The summed E-state index contributed by atoms with van der Waals surface area (Å²) in [4.78, 5) is 0. The second-order valence-electron chi connectivity index (χ2n) is 6.53. The van der Waals surface area contributed by atoms with Crippen molar-refractivity contribution < 1.29 is 0 Å². The summed E-state index contributed by atoms with van der Waals surface area (Å²) < 4.78 is 0. The van der Waals surface area contributed by atoms with Crippen LogP contribution in [0, 0.1) is 0 Å². The Hall–Kier alpha value is -1.64. The lowest BCUT2D eigenvalue weighted by Crippen LogP contribution is -2.31. The molecule has 0 heterocycles. The zero-order chi connectivity index (χ0) is 15.5. The molecule has 2 aromatic carbocycles. The van der Waals surface area contributed by atoms with Crippen LogP contribution in [0.4, 0.5) is 0 Å². The van der Waals surface area contributed by atoms with Crippen LogP contribution >= 0.6 is 0 Å². The molecule has 0 aliphatic carbocycles. The van der Waals surface area contributed by atoms with Crippen molar-refractivity contribution in [2.45, 2.75) is 45.6 Å². The number of aryl methyl sites for hydroxylation is 1. The van der Waals surface area contributed by atoms with E-state index in [4.69, 9.17) is 5.84 Å². The quantitative estimate of drug-likeness (QED) is 0.654. The maximum atomic E-state index is 5.87. The van der Waals surface area contributed by atoms with E-state index < -0.39 is 0 Å². The molecule has 0 spiro atoms. The Morgan fingerprint density at radius 1 is 1.00 bits per heavy atom. The average molecular weight is 282 g/mol. The minimum Gasteiger partial charge on any atom is -0.271 e. The lowest BCUT2D eigenvalue weighted by molar-refractivity contribution is 0.558. The number of benzene rings is 2. The second-order valence-corrected chi connectivity index (χ2v) is 6.53. The largest absolute Gasteiger partial charge is 0.271 e. The molecule has 2 heteroatoms. The maximum Gasteiger partial charge on any atom is 0.0712 e. The van der Waals surface area contributed by atoms with Crippen LogP contribution in [-0.2, 0) is 11.8 Å². The monoisotopic (exact) mass is 282 g/mol. The summed E-state index contributed by atoms with van der Waals surface area (Å²) in [5.41, 5.74) is 8.20. The van der Waals surface area contributed by atoms with Gasteiger partial charge in [0.1, 0.15) is 0 Å². The van der Waals surface area contributed by atoms with Crippen molar-refractivity contribution >= 4 is 0 Å². The summed E-state index contributed by atoms with van der Waals surface area (Å²) in [6.45, 7) is 8.88. The van der Waals surface area contributed by atoms with Crippen LogP contribution in [0.1, 0.15) is 56.0 Å². The van der Waals surface area contributed by atoms with Gasteiger partial charge in [0.25, 0.3) is 0 Å². The standard InChI is InChI=1S/C19H26N2/c1-5-14-10-12-15(13-11-14)18(21-20)16-8-6-7-9-17(16)19(2,3)4/h6-13,18,21H,5,20H2,1-4H3. The van der Waals surface area contributed by atoms with Crippen molar-refractivity contribution in [1.29, 1.82) is 0 Å². The predicted molar refractivity (Wildman–Crippen MR) is 90.1 cm³/mol. The summed E-state index contributed by atoms with van der Waals surface area (Å²) >= 11 is 0. The van der Waals surface area contributed by atoms with Crippen LogP contribution in [0.15, 0.2) is 48.5 Å². The first-order valence-corrected chi connectivity index (χ1v) is 7.61. The summed E-state index contributed by atoms with van der Waals surface area (Å²) in [6, 6.07) is 17.3. The molecule has 2 aromatic rings. The van der Waals surface area contributed by atoms with Gasteiger partial charge < -0.3 is 0 Å². The van der Waals surface area contributed by atoms with E-state index in [1.54, 1.807) is 0 Å². The highest BCUT2D eigenvalue weighted by Crippen LogP contribution is 2.32. The summed E-state index contributed by atoms with van der Waals surface area (Å²) in [5.74, 6) is 5.87. The number of hydrogen-bond acceptors (Lipinski definition) is 2. The van der Waals surface area contributed by atoms with Gasteiger partial charge in [0.05, 0.1) is 6.04 Å². The van der Waals surface area contributed by atoms with Crippen molar-refractivity contribution in [2.24, 2.45) is 5.84 Å². The number of hydrazine groups is 1. The van der Waals surface area contributed by atoms with Crippen molar-refractivity contribution in [3.05, 3.63) is 70.8 Å². The van der Waals surface area contributed by atoms with Gasteiger partial charge >= 0.3 is 0 Å². The topological polar surface area (TPSA) is 38.0 Å². The number of nitrogens with one attached hydrogen (secondary N) is 1. The van der Waals surface area contributed by atoms with Gasteiger partial charge in [0.15, 0.2) is 0 Å². The lowest BCUT2D eigenvalue weighted by atomic mass is 9.80. The Morgan fingerprint density at radius 3 is 2.14 bits per heavy atom. The third-order valence-electron chi connectivity index (χ3n) is 3.97. The fourth-order valence-corrected chi connectivity index (χ4v) is 2.74. The number of rotatable bonds is 4. The molecule has 0 fully saturated rings. The van der Waals surface area contributed by atoms with E-state index in [0.717, 1.165) is 6.42 Å². The smallest absolute Gasteiger partial charge is 0.0712 e. The first-order valence-electron chi connectivity index (χ1n) is 7.61. The zero-order valence-corrected chi connectivity index (χ0v) is 13.5. The molecule has 0 aliphatic heterocycles. The van der Waals surface area contributed by atoms with Crippen LogP contribution in [-0.4, -0.2) is 0 Å². The third-order valence-corrected chi connectivity index (χ3v) is 3.97. The normalized spacial score (nSPS) is 13.2. The molecule has 0 saturated heterocycles. The fourth-order valence-electron chi connectivity index (χ4n) is 2.74. The Bertz CT molecular complexity index is 579. The van der Waals surface area contributed by atoms with Crippen molar-refractivity contribution in [3.63, 3.8) is 0 Å². The van der Waals surface area contributed by atoms with Gasteiger partial charge in [0, 0.05) is 0 Å². The highest BCUT2D eigenvalue weighted by Gasteiger charge is 2.22. The SMILES string of the molecule is CCc1ccc(C(NN)c2ccccc2C(C)(C)C)cc1. The minimum absolute atomic E-state index is 0.0198. The van der Waals surface area contributed by atoms with Gasteiger partial charge in [-0.25, -0.2) is 5.43 Å². The van der Waals surface area contributed by atoms with Crippen molar-refractivity contribution in [3.8, 4) is 0 Å². The Labute approximate surface area is 128 Å². The van der Waals surface area contributed by atoms with E-state index in [-0.39, 0.29) is 11.5 Å². The van der Waals surface area contributed by atoms with Gasteiger partial charge in [-0.3, -0.25) is 5.84 Å². The van der Waals surface area contributed by atoms with Gasteiger partial charge in [-0.1, -0.05) is 76.2 Å². The minimum atomic E-state index is 0.0198. The van der Waals surface area contributed by atoms with E-state index in [1.165, 1.54) is 22.3 Å². The molecule has 1 unspecified atom stereocenters. The van der Waals surface area contributed by atoms with Crippen molar-refractivity contribution in [1.82, 2.24) is 5.43 Å². The molecule has 0 aliphatic rings. The lowest BCUT2D eigenvalue weighted by Gasteiger charge is -2.27. The Morgan fingerprint density at radius 2 is 1.62 bits per heavy atom. The molecular weight excluding hydrogens is 256 g/mol. The molecule has 3 N–H and O–H groups in total. The fraction of sp³-hybridized carbons (Fsp3) is 0.368. The maximum absolute atomic E-state index is 5.87. The predicted octanol–water partition coefficient (Wildman–Crippen LogP) is 4.10. The van der Waals surface area contributed by atoms with E-state index in [2.05, 4.69) is 81.7 Å². The Kier molecular flexibility index (Phi) is 4.81. The molecule has 21 heavy (non-hydrogen) atoms. The number of hydrogen-bond donors (Lipinski definition) is 2. The number of nitrogens with two attached hydrogens (primary N) is 1. The van der Waals surface area contributed by atoms with E-state index in [1.807, 2.05) is 0 Å². The molecule has 2 rings (SSSR count). The van der Waals surface area contributed by atoms with Crippen LogP contribution in [0.2, 0.25) is 0 Å². The van der Waals surface area contributed by atoms with Crippen molar-refractivity contribution in [2.75, 3.05) is 0 Å². The first-order chi connectivity index (χ1) is 9.97. The van der Waals surface area contributed by atoms with E-state index in [9.17, 15) is 0 Å². The summed E-state index contributed by atoms with van der Waals surface area (Å²) in [7, 11) is 0. The molecule has 112 valence electrons. The van der Waals surface area contributed by atoms with Gasteiger partial charge in [-0.2, -0.15) is 0 Å². The van der Waals surface area contributed by atoms with Gasteiger partial charge in [0.2, 0.25) is 0 Å². The molecule has 0 amide bonds. The molecule has 0 saturated carbocycles. The third kappa shape index (κ3) is 3.52. The highest BCUT2D eigenvalue weighted by atomic mass is 15.2. The van der Waals surface area contributed by atoms with Gasteiger partial charge in [-0.15, -0.1) is 0 Å². The van der Waals surface area contributed by atoms with Crippen LogP contribution in [0.5, 0.6) is 0 Å². The summed E-state index contributed by atoms with van der Waals surface area (Å²) in [5, 5.41) is 0. The highest BCUT2D eigenvalue weighted by molar-refractivity contribution is 5.41. The molecule has 2 nitrogen and oxygen atoms in total. The second kappa shape index (κ2) is 6.42. The van der Waals surface area contributed by atoms with E-state index in [0.29, 0.717) is 0 Å². The average Bonchev–Trinajstić information content (AvgIpc) is 2.48. The van der Waals surface area contributed by atoms with Crippen LogP contribution in [0.25, 0.3) is 0 Å².